The number of hydrogen-bond acceptors (Lipinski definition) is 3. The van der Waals surface area contributed by atoms with Crippen LogP contribution in [0, 0.1) is 5.82 Å². The molecule has 0 aliphatic heterocycles. The molecule has 0 fully saturated rings. The number of hydrogen-bond donors (Lipinski definition) is 2. The summed E-state index contributed by atoms with van der Waals surface area (Å²) in [5.41, 5.74) is 6.55. The normalized spacial score (nSPS) is 11.1. The first kappa shape index (κ1) is 18.8. The van der Waals surface area contributed by atoms with E-state index >= 15 is 0 Å². The summed E-state index contributed by atoms with van der Waals surface area (Å²) in [6.45, 7) is 0. The Morgan fingerprint density at radius 3 is 2.78 bits per heavy atom. The van der Waals surface area contributed by atoms with Crippen molar-refractivity contribution in [2.24, 2.45) is 7.05 Å². The van der Waals surface area contributed by atoms with Crippen LogP contribution in [-0.4, -0.2) is 21.4 Å². The Hall–Kier alpha value is -3.00. The van der Waals surface area contributed by atoms with Crippen LogP contribution in [0.3, 0.4) is 0 Å². The van der Waals surface area contributed by atoms with E-state index in [1.807, 2.05) is 35.9 Å². The first-order valence-corrected chi connectivity index (χ1v) is 8.85. The van der Waals surface area contributed by atoms with Crippen molar-refractivity contribution in [3.05, 3.63) is 70.2 Å². The predicted molar refractivity (Wildman–Crippen MR) is 104 cm³/mol. The number of nitrogens with zero attached hydrogens (tertiary/aromatic N) is 2. The average molecular weight is 431 g/mol. The van der Waals surface area contributed by atoms with Crippen molar-refractivity contribution in [3.63, 3.8) is 0 Å². The largest absolute Gasteiger partial charge is 0.331 e. The summed E-state index contributed by atoms with van der Waals surface area (Å²) in [5, 5.41) is 0. The molecule has 1 heterocycles. The smallest absolute Gasteiger partial charge is 0.262 e. The van der Waals surface area contributed by atoms with Crippen molar-refractivity contribution in [2.45, 2.75) is 6.42 Å². The van der Waals surface area contributed by atoms with Gasteiger partial charge in [-0.1, -0.05) is 28.1 Å². The number of imidazole rings is 1. The number of halogens is 2. The number of aromatic nitrogens is 2. The highest BCUT2D eigenvalue weighted by molar-refractivity contribution is 9.10. The van der Waals surface area contributed by atoms with Gasteiger partial charge in [-0.3, -0.25) is 20.4 Å². The summed E-state index contributed by atoms with van der Waals surface area (Å²) < 4.78 is 16.1. The van der Waals surface area contributed by atoms with Crippen molar-refractivity contribution < 1.29 is 14.0 Å². The van der Waals surface area contributed by atoms with Crippen molar-refractivity contribution in [3.8, 4) is 0 Å². The number of aryl methyl sites for hydroxylation is 1. The number of carbonyl (C=O) groups is 2. The molecule has 27 heavy (non-hydrogen) atoms. The topological polar surface area (TPSA) is 76.0 Å². The van der Waals surface area contributed by atoms with Crippen LogP contribution in [0.2, 0.25) is 0 Å². The molecule has 2 N–H and O–H groups in total. The van der Waals surface area contributed by atoms with E-state index in [0.717, 1.165) is 17.1 Å². The fraction of sp³-hybridized carbons (Fsp3) is 0.105. The van der Waals surface area contributed by atoms with Crippen LogP contribution in [0.5, 0.6) is 0 Å². The Morgan fingerprint density at radius 2 is 2.00 bits per heavy atom. The highest BCUT2D eigenvalue weighted by atomic mass is 79.9. The molecule has 3 rings (SSSR count). The molecule has 1 aromatic heterocycles. The van der Waals surface area contributed by atoms with Gasteiger partial charge in [0.15, 0.2) is 0 Å². The maximum Gasteiger partial charge on any atom is 0.262 e. The van der Waals surface area contributed by atoms with E-state index in [4.69, 9.17) is 0 Å². The average Bonchev–Trinajstić information content (AvgIpc) is 2.96. The Kier molecular flexibility index (Phi) is 5.66. The van der Waals surface area contributed by atoms with Crippen molar-refractivity contribution in [2.75, 3.05) is 0 Å². The second-order valence-corrected chi connectivity index (χ2v) is 6.70. The summed E-state index contributed by atoms with van der Waals surface area (Å²) in [5.74, 6) is -0.862. The second kappa shape index (κ2) is 8.13. The van der Waals surface area contributed by atoms with Gasteiger partial charge in [0.05, 0.1) is 17.5 Å². The summed E-state index contributed by atoms with van der Waals surface area (Å²) >= 11 is 3.24. The molecule has 0 aliphatic rings. The molecule has 2 amide bonds. The summed E-state index contributed by atoms with van der Waals surface area (Å²) in [4.78, 5) is 28.3. The fourth-order valence-electron chi connectivity index (χ4n) is 2.52. The van der Waals surface area contributed by atoms with E-state index in [1.54, 1.807) is 12.1 Å². The minimum atomic E-state index is -0.576. The summed E-state index contributed by atoms with van der Waals surface area (Å²) in [7, 11) is 1.83. The molecule has 0 atom stereocenters. The van der Waals surface area contributed by atoms with Gasteiger partial charge in [0.25, 0.3) is 5.91 Å². The summed E-state index contributed by atoms with van der Waals surface area (Å²) in [6.07, 6.45) is 2.47. The van der Waals surface area contributed by atoms with Crippen LogP contribution < -0.4 is 10.9 Å². The molecule has 0 saturated carbocycles. The highest BCUT2D eigenvalue weighted by Gasteiger charge is 2.11. The zero-order chi connectivity index (χ0) is 19.4. The number of hydrazine groups is 1. The second-order valence-electron chi connectivity index (χ2n) is 5.79. The zero-order valence-corrected chi connectivity index (χ0v) is 16.0. The van der Waals surface area contributed by atoms with Crippen LogP contribution in [0.25, 0.3) is 17.1 Å². The summed E-state index contributed by atoms with van der Waals surface area (Å²) in [6, 6.07) is 12.0. The minimum absolute atomic E-state index is 0.00936. The third-order valence-corrected chi connectivity index (χ3v) is 4.39. The standard InChI is InChI=1S/C19H16BrFN4O2/c1-25-16-5-3-2-4-15(16)22-17(25)11-19(27)24-23-18(26)9-6-12-10-13(20)7-8-14(12)21/h2-10H,11H2,1H3,(H,23,26)(H,24,27)/b9-6+. The third-order valence-electron chi connectivity index (χ3n) is 3.90. The molecule has 8 heteroatoms. The Bertz CT molecular complexity index is 1050. The molecule has 6 nitrogen and oxygen atoms in total. The van der Waals surface area contributed by atoms with E-state index in [9.17, 15) is 14.0 Å². The lowest BCUT2D eigenvalue weighted by Crippen LogP contribution is -2.41. The van der Waals surface area contributed by atoms with Gasteiger partial charge >= 0.3 is 0 Å². The van der Waals surface area contributed by atoms with Gasteiger partial charge in [0.1, 0.15) is 11.6 Å². The number of fused-ring (bicyclic) bond motifs is 1. The first-order chi connectivity index (χ1) is 12.9. The SMILES string of the molecule is Cn1c(CC(=O)NNC(=O)/C=C/c2cc(Br)ccc2F)nc2ccccc21. The molecule has 0 bridgehead atoms. The monoisotopic (exact) mass is 430 g/mol. The molecular weight excluding hydrogens is 415 g/mol. The van der Waals surface area contributed by atoms with E-state index in [-0.39, 0.29) is 12.0 Å². The maximum absolute atomic E-state index is 13.6. The number of benzene rings is 2. The lowest BCUT2D eigenvalue weighted by molar-refractivity contribution is -0.126. The van der Waals surface area contributed by atoms with Crippen molar-refractivity contribution in [1.29, 1.82) is 0 Å². The van der Waals surface area contributed by atoms with E-state index in [2.05, 4.69) is 31.8 Å². The van der Waals surface area contributed by atoms with Crippen molar-refractivity contribution >= 4 is 44.9 Å². The van der Waals surface area contributed by atoms with Crippen LogP contribution in [0.15, 0.2) is 53.0 Å². The maximum atomic E-state index is 13.6. The molecule has 0 radical (unpaired) electrons. The molecule has 0 spiro atoms. The van der Waals surface area contributed by atoms with Crippen LogP contribution in [0.1, 0.15) is 11.4 Å². The zero-order valence-electron chi connectivity index (χ0n) is 14.4. The molecule has 138 valence electrons. The number of nitrogens with one attached hydrogen (secondary N) is 2. The molecule has 3 aromatic rings. The van der Waals surface area contributed by atoms with Gasteiger partial charge in [0.2, 0.25) is 5.91 Å². The third kappa shape index (κ3) is 4.59. The lowest BCUT2D eigenvalue weighted by atomic mass is 10.2. The van der Waals surface area contributed by atoms with Gasteiger partial charge < -0.3 is 4.57 Å². The van der Waals surface area contributed by atoms with Crippen LogP contribution in [0.4, 0.5) is 4.39 Å². The number of para-hydroxylation sites is 2. The van der Waals surface area contributed by atoms with Gasteiger partial charge in [-0.05, 0) is 36.4 Å². The predicted octanol–water partition coefficient (Wildman–Crippen LogP) is 2.88. The fourth-order valence-corrected chi connectivity index (χ4v) is 2.90. The van der Waals surface area contributed by atoms with E-state index < -0.39 is 17.6 Å². The number of amides is 2. The first-order valence-electron chi connectivity index (χ1n) is 8.06. The van der Waals surface area contributed by atoms with E-state index in [0.29, 0.717) is 10.3 Å². The number of carbonyl (C=O) groups excluding carboxylic acids is 2. The molecule has 0 unspecified atom stereocenters. The number of rotatable bonds is 4. The van der Waals surface area contributed by atoms with Gasteiger partial charge in [-0.25, -0.2) is 9.37 Å². The van der Waals surface area contributed by atoms with Crippen LogP contribution in [-0.2, 0) is 23.1 Å². The highest BCUT2D eigenvalue weighted by Crippen LogP contribution is 2.16. The van der Waals surface area contributed by atoms with Gasteiger partial charge in [-0.2, -0.15) is 0 Å². The molecule has 0 aliphatic carbocycles. The minimum Gasteiger partial charge on any atom is -0.331 e. The quantitative estimate of drug-likeness (QED) is 0.493. The Balaban J connectivity index is 1.56. The van der Waals surface area contributed by atoms with Gasteiger partial charge in [0, 0.05) is 23.2 Å². The molecule has 0 saturated heterocycles. The lowest BCUT2D eigenvalue weighted by Gasteiger charge is -2.05. The van der Waals surface area contributed by atoms with Gasteiger partial charge in [-0.15, -0.1) is 0 Å². The van der Waals surface area contributed by atoms with E-state index in [1.165, 1.54) is 12.1 Å². The van der Waals surface area contributed by atoms with Crippen molar-refractivity contribution in [1.82, 2.24) is 20.4 Å². The van der Waals surface area contributed by atoms with Crippen LogP contribution >= 0.6 is 15.9 Å². The molecule has 2 aromatic carbocycles. The molecular formula is C19H16BrFN4O2. The Labute approximate surface area is 163 Å². The Morgan fingerprint density at radius 1 is 1.22 bits per heavy atom.